The van der Waals surface area contributed by atoms with Gasteiger partial charge in [-0.3, -0.25) is 4.79 Å². The van der Waals surface area contributed by atoms with E-state index in [-0.39, 0.29) is 12.3 Å². The summed E-state index contributed by atoms with van der Waals surface area (Å²) in [6.45, 7) is 5.81. The highest BCUT2D eigenvalue weighted by Gasteiger charge is 2.19. The molecule has 4 heteroatoms. The van der Waals surface area contributed by atoms with E-state index < -0.39 is 12.0 Å². The molecule has 1 aromatic rings. The van der Waals surface area contributed by atoms with E-state index in [9.17, 15) is 9.59 Å². The molecule has 0 aromatic heterocycles. The van der Waals surface area contributed by atoms with Crippen LogP contribution in [0.25, 0.3) is 0 Å². The lowest BCUT2D eigenvalue weighted by Crippen LogP contribution is -2.41. The summed E-state index contributed by atoms with van der Waals surface area (Å²) >= 11 is 0. The van der Waals surface area contributed by atoms with Crippen LogP contribution in [0.5, 0.6) is 0 Å². The van der Waals surface area contributed by atoms with Gasteiger partial charge in [0.25, 0.3) is 0 Å². The summed E-state index contributed by atoms with van der Waals surface area (Å²) < 4.78 is 0. The number of carbonyl (C=O) groups excluding carboxylic acids is 1. The van der Waals surface area contributed by atoms with Crippen LogP contribution < -0.4 is 5.32 Å². The Bertz CT molecular complexity index is 468. The van der Waals surface area contributed by atoms with E-state index in [4.69, 9.17) is 5.11 Å². The number of rotatable bonds is 6. The molecule has 1 rings (SSSR count). The Kier molecular flexibility index (Phi) is 5.55. The molecule has 0 aliphatic rings. The normalized spacial score (nSPS) is 11.9. The van der Waals surface area contributed by atoms with Gasteiger partial charge in [0.2, 0.25) is 5.91 Å². The molecule has 0 aliphatic carbocycles. The average molecular weight is 263 g/mol. The van der Waals surface area contributed by atoms with Crippen molar-refractivity contribution in [2.24, 2.45) is 0 Å². The van der Waals surface area contributed by atoms with Gasteiger partial charge in [0, 0.05) is 0 Å². The number of carbonyl (C=O) groups is 2. The van der Waals surface area contributed by atoms with E-state index in [0.29, 0.717) is 6.42 Å². The van der Waals surface area contributed by atoms with E-state index in [1.807, 2.05) is 39.0 Å². The number of nitrogens with one attached hydrogen (secondary N) is 1. The molecule has 4 nitrogen and oxygen atoms in total. The molecule has 0 aliphatic heterocycles. The lowest BCUT2D eigenvalue weighted by Gasteiger charge is -2.14. The number of hydrogen-bond acceptors (Lipinski definition) is 2. The summed E-state index contributed by atoms with van der Waals surface area (Å²) in [5.74, 6) is -1.22. The van der Waals surface area contributed by atoms with Crippen LogP contribution in [0.2, 0.25) is 0 Å². The van der Waals surface area contributed by atoms with Crippen LogP contribution in [-0.2, 0) is 16.0 Å². The molecule has 1 atom stereocenters. The van der Waals surface area contributed by atoms with Crippen molar-refractivity contribution in [1.82, 2.24) is 5.32 Å². The van der Waals surface area contributed by atoms with Crippen LogP contribution in [0.15, 0.2) is 18.2 Å². The number of aryl methyl sites for hydroxylation is 2. The maximum Gasteiger partial charge on any atom is 0.326 e. The van der Waals surface area contributed by atoms with Crippen molar-refractivity contribution in [3.05, 3.63) is 34.9 Å². The summed E-state index contributed by atoms with van der Waals surface area (Å²) in [5, 5.41) is 11.6. The second-order valence-corrected chi connectivity index (χ2v) is 4.85. The predicted molar refractivity (Wildman–Crippen MR) is 74.1 cm³/mol. The maximum absolute atomic E-state index is 11.9. The minimum atomic E-state index is -0.976. The second-order valence-electron chi connectivity index (χ2n) is 4.85. The highest BCUT2D eigenvalue weighted by atomic mass is 16.4. The number of carboxylic acid groups (broad SMARTS) is 1. The first kappa shape index (κ1) is 15.2. The maximum atomic E-state index is 11.9. The van der Waals surface area contributed by atoms with Crippen LogP contribution >= 0.6 is 0 Å². The van der Waals surface area contributed by atoms with Crippen molar-refractivity contribution in [3.8, 4) is 0 Å². The molecular weight excluding hydrogens is 242 g/mol. The van der Waals surface area contributed by atoms with Gasteiger partial charge in [-0.2, -0.15) is 0 Å². The third-order valence-corrected chi connectivity index (χ3v) is 3.07. The third kappa shape index (κ3) is 4.73. The number of aliphatic carboxylic acids is 1. The smallest absolute Gasteiger partial charge is 0.326 e. The zero-order chi connectivity index (χ0) is 14.4. The van der Waals surface area contributed by atoms with Gasteiger partial charge in [-0.25, -0.2) is 4.79 Å². The Balaban J connectivity index is 2.68. The molecule has 0 unspecified atom stereocenters. The quantitative estimate of drug-likeness (QED) is 0.827. The Morgan fingerprint density at radius 2 is 2.00 bits per heavy atom. The summed E-state index contributed by atoms with van der Waals surface area (Å²) in [4.78, 5) is 22.9. The van der Waals surface area contributed by atoms with Gasteiger partial charge in [-0.15, -0.1) is 0 Å². The number of hydrogen-bond donors (Lipinski definition) is 2. The highest BCUT2D eigenvalue weighted by molar-refractivity contribution is 5.85. The second kappa shape index (κ2) is 6.92. The molecule has 0 radical (unpaired) electrons. The van der Waals surface area contributed by atoms with Crippen LogP contribution in [0.1, 0.15) is 36.5 Å². The van der Waals surface area contributed by atoms with Crippen LogP contribution in [0.3, 0.4) is 0 Å². The topological polar surface area (TPSA) is 66.4 Å². The summed E-state index contributed by atoms with van der Waals surface area (Å²) in [7, 11) is 0. The largest absolute Gasteiger partial charge is 0.480 e. The highest BCUT2D eigenvalue weighted by Crippen LogP contribution is 2.11. The Morgan fingerprint density at radius 3 is 2.58 bits per heavy atom. The van der Waals surface area contributed by atoms with E-state index in [1.165, 1.54) is 0 Å². The van der Waals surface area contributed by atoms with Crippen molar-refractivity contribution in [3.63, 3.8) is 0 Å². The van der Waals surface area contributed by atoms with Gasteiger partial charge in [0.05, 0.1) is 6.42 Å². The Morgan fingerprint density at radius 1 is 1.32 bits per heavy atom. The number of benzene rings is 1. The SMILES string of the molecule is CCC[C@@H](NC(=O)Cc1cc(C)ccc1C)C(=O)O. The third-order valence-electron chi connectivity index (χ3n) is 3.07. The monoisotopic (exact) mass is 263 g/mol. The van der Waals surface area contributed by atoms with Crippen molar-refractivity contribution in [2.45, 2.75) is 46.1 Å². The molecule has 0 fully saturated rings. The minimum absolute atomic E-state index is 0.223. The molecule has 0 spiro atoms. The van der Waals surface area contributed by atoms with E-state index in [1.54, 1.807) is 0 Å². The van der Waals surface area contributed by atoms with Gasteiger partial charge in [-0.1, -0.05) is 37.1 Å². The predicted octanol–water partition coefficient (Wildman–Crippen LogP) is 2.22. The standard InChI is InChI=1S/C15H21NO3/c1-4-5-13(15(18)19)16-14(17)9-12-8-10(2)6-7-11(12)3/h6-8,13H,4-5,9H2,1-3H3,(H,16,17)(H,18,19)/t13-/m1/s1. The lowest BCUT2D eigenvalue weighted by atomic mass is 10.0. The van der Waals surface area contributed by atoms with Crippen LogP contribution in [0, 0.1) is 13.8 Å². The summed E-state index contributed by atoms with van der Waals surface area (Å²) in [6.07, 6.45) is 1.40. The fraction of sp³-hybridized carbons (Fsp3) is 0.467. The molecule has 1 amide bonds. The Hall–Kier alpha value is -1.84. The molecule has 0 saturated carbocycles. The molecule has 104 valence electrons. The van der Waals surface area contributed by atoms with E-state index >= 15 is 0 Å². The lowest BCUT2D eigenvalue weighted by molar-refractivity contribution is -0.141. The van der Waals surface area contributed by atoms with Crippen LogP contribution in [0.4, 0.5) is 0 Å². The fourth-order valence-corrected chi connectivity index (χ4v) is 1.96. The Labute approximate surface area is 113 Å². The van der Waals surface area contributed by atoms with Crippen molar-refractivity contribution < 1.29 is 14.7 Å². The molecule has 2 N–H and O–H groups in total. The van der Waals surface area contributed by atoms with Crippen molar-refractivity contribution >= 4 is 11.9 Å². The van der Waals surface area contributed by atoms with E-state index in [2.05, 4.69) is 5.32 Å². The average Bonchev–Trinajstić information content (AvgIpc) is 2.33. The van der Waals surface area contributed by atoms with Gasteiger partial charge in [0.15, 0.2) is 0 Å². The van der Waals surface area contributed by atoms with Crippen molar-refractivity contribution in [2.75, 3.05) is 0 Å². The van der Waals surface area contributed by atoms with Gasteiger partial charge >= 0.3 is 5.97 Å². The molecule has 0 saturated heterocycles. The zero-order valence-corrected chi connectivity index (χ0v) is 11.7. The molecule has 0 bridgehead atoms. The van der Waals surface area contributed by atoms with Gasteiger partial charge in [0.1, 0.15) is 6.04 Å². The first-order valence-electron chi connectivity index (χ1n) is 6.52. The minimum Gasteiger partial charge on any atom is -0.480 e. The molecule has 19 heavy (non-hydrogen) atoms. The number of carboxylic acids is 1. The van der Waals surface area contributed by atoms with Gasteiger partial charge < -0.3 is 10.4 Å². The zero-order valence-electron chi connectivity index (χ0n) is 11.7. The first-order valence-corrected chi connectivity index (χ1v) is 6.52. The summed E-state index contributed by atoms with van der Waals surface area (Å²) in [6, 6.07) is 5.14. The van der Waals surface area contributed by atoms with Gasteiger partial charge in [-0.05, 0) is 31.4 Å². The fourth-order valence-electron chi connectivity index (χ4n) is 1.96. The first-order chi connectivity index (χ1) is 8.93. The molecule has 0 heterocycles. The number of amides is 1. The van der Waals surface area contributed by atoms with Crippen LogP contribution in [-0.4, -0.2) is 23.0 Å². The van der Waals surface area contributed by atoms with E-state index in [0.717, 1.165) is 23.1 Å². The van der Waals surface area contributed by atoms with Crippen molar-refractivity contribution in [1.29, 1.82) is 0 Å². The molecule has 1 aromatic carbocycles. The summed E-state index contributed by atoms with van der Waals surface area (Å²) in [5.41, 5.74) is 3.08. The molecular formula is C15H21NO3.